The monoisotopic (exact) mass is 771 g/mol. The van der Waals surface area contributed by atoms with Gasteiger partial charge in [0.1, 0.15) is 47.3 Å². The maximum absolute atomic E-state index is 14.1. The minimum atomic E-state index is -2.17. The van der Waals surface area contributed by atoms with Crippen molar-refractivity contribution in [3.8, 4) is 17.2 Å². The summed E-state index contributed by atoms with van der Waals surface area (Å²) in [5, 5.41) is 46.1. The van der Waals surface area contributed by atoms with Crippen molar-refractivity contribution in [2.24, 2.45) is 0 Å². The molecule has 3 atom stereocenters. The van der Waals surface area contributed by atoms with Crippen LogP contribution < -0.4 is 90.1 Å². The van der Waals surface area contributed by atoms with Crippen LogP contribution in [-0.2, 0) is 33.4 Å². The van der Waals surface area contributed by atoms with E-state index in [1.54, 1.807) is 0 Å². The molecule has 53 heavy (non-hydrogen) atoms. The zero-order valence-corrected chi connectivity index (χ0v) is 33.6. The Hall–Kier alpha value is -4.08. The summed E-state index contributed by atoms with van der Waals surface area (Å²) < 4.78 is 21.0. The first-order valence-corrected chi connectivity index (χ1v) is 15.8. The molecule has 0 aliphatic carbocycles. The number of ether oxygens (including phenoxy) is 3. The van der Waals surface area contributed by atoms with E-state index >= 15 is 0 Å². The molecule has 3 amide bonds. The Morgan fingerprint density at radius 2 is 1.72 bits per heavy atom. The Labute approximate surface area is 347 Å². The van der Waals surface area contributed by atoms with Crippen LogP contribution in [0.15, 0.2) is 56.9 Å². The van der Waals surface area contributed by atoms with E-state index in [4.69, 9.17) is 18.6 Å². The molecule has 1 saturated heterocycles. The van der Waals surface area contributed by atoms with Crippen LogP contribution in [0, 0.1) is 6.92 Å². The largest absolute Gasteiger partial charge is 1.00 e. The topological polar surface area (TPSA) is 274 Å². The summed E-state index contributed by atoms with van der Waals surface area (Å²) in [4.78, 5) is 89.9. The number of aliphatic carboxylic acids is 2. The molecule has 0 bridgehead atoms. The second-order valence-electron chi connectivity index (χ2n) is 11.1. The Morgan fingerprint density at radius 3 is 2.30 bits per heavy atom. The number of phenols is 2. The molecular formula is C32H27N3Na2O15S. The van der Waals surface area contributed by atoms with Gasteiger partial charge in [0, 0.05) is 31.4 Å². The first-order valence-electron chi connectivity index (χ1n) is 14.7. The summed E-state index contributed by atoms with van der Waals surface area (Å²) in [6.07, 6.45) is 0. The van der Waals surface area contributed by atoms with Crippen molar-refractivity contribution in [1.29, 1.82) is 0 Å². The third-order valence-electron chi connectivity index (χ3n) is 7.88. The molecule has 1 fully saturated rings. The number of carbonyl (C=O) groups excluding carboxylic acids is 6. The van der Waals surface area contributed by atoms with Gasteiger partial charge in [-0.2, -0.15) is 0 Å². The standard InChI is InChI=1S/C32H29N3O15S.2Na/c1-13-23(26(41)18-8-19(37)20(38)9-21(18)50-13)27(42)33-24(15-4-6-17(7-5-15)49-11-22(39)40)28(43)34-32(47-3)30(46)35-25(29(44)45)16(10-48-14(2)36)12-51-31(32)35;;/h4-9,24,31,37-38H,10-12H2,1-3H3,(H,33,42)(H,34,43)(H,39,40)(H,44,45);;/q;2*+1/p-2/t24?,31-,32-;;/m0../s1. The van der Waals surface area contributed by atoms with Gasteiger partial charge in [0.05, 0.1) is 23.0 Å². The van der Waals surface area contributed by atoms with E-state index in [0.29, 0.717) is 0 Å². The van der Waals surface area contributed by atoms with E-state index in [0.717, 1.165) is 42.8 Å². The van der Waals surface area contributed by atoms with Gasteiger partial charge in [-0.3, -0.25) is 28.9 Å². The number of carbonyl (C=O) groups is 6. The van der Waals surface area contributed by atoms with Gasteiger partial charge in [-0.25, -0.2) is 0 Å². The number of carboxylic acids is 2. The number of carboxylic acid groups (broad SMARTS) is 2. The van der Waals surface area contributed by atoms with Crippen molar-refractivity contribution in [2.75, 3.05) is 26.1 Å². The molecule has 4 N–H and O–H groups in total. The minimum Gasteiger partial charge on any atom is -0.546 e. The molecule has 5 rings (SSSR count). The maximum atomic E-state index is 14.1. The van der Waals surface area contributed by atoms with E-state index in [1.807, 2.05) is 0 Å². The van der Waals surface area contributed by atoms with Gasteiger partial charge in [0.15, 0.2) is 11.5 Å². The third-order valence-corrected chi connectivity index (χ3v) is 9.26. The van der Waals surface area contributed by atoms with Crippen LogP contribution in [-0.4, -0.2) is 87.9 Å². The van der Waals surface area contributed by atoms with Crippen molar-refractivity contribution in [1.82, 2.24) is 15.5 Å². The Kier molecular flexibility index (Phi) is 14.2. The van der Waals surface area contributed by atoms with E-state index < -0.39 is 94.2 Å². The number of hydrogen-bond donors (Lipinski definition) is 4. The normalized spacial score (nSPS) is 18.0. The van der Waals surface area contributed by atoms with Crippen molar-refractivity contribution in [3.05, 3.63) is 74.8 Å². The number of hydrogen-bond acceptors (Lipinski definition) is 16. The molecule has 1 aromatic heterocycles. The average molecular weight is 772 g/mol. The summed E-state index contributed by atoms with van der Waals surface area (Å²) in [5.41, 5.74) is -4.28. The Morgan fingerprint density at radius 1 is 1.08 bits per heavy atom. The quantitative estimate of drug-likeness (QED) is 0.0438. The van der Waals surface area contributed by atoms with Gasteiger partial charge in [0.2, 0.25) is 11.3 Å². The van der Waals surface area contributed by atoms with Crippen molar-refractivity contribution >= 4 is 58.4 Å². The predicted octanol–water partition coefficient (Wildman–Crippen LogP) is -7.94. The molecule has 0 saturated carbocycles. The molecule has 3 aromatic rings. The number of fused-ring (bicyclic) bond motifs is 2. The summed E-state index contributed by atoms with van der Waals surface area (Å²) in [5.74, 6) is -8.66. The summed E-state index contributed by atoms with van der Waals surface area (Å²) >= 11 is 0.983. The zero-order valence-electron chi connectivity index (χ0n) is 28.8. The number of amides is 3. The number of nitrogens with one attached hydrogen (secondary N) is 2. The molecule has 2 aliphatic heterocycles. The van der Waals surface area contributed by atoms with E-state index in [-0.39, 0.29) is 98.5 Å². The second-order valence-corrected chi connectivity index (χ2v) is 12.2. The summed E-state index contributed by atoms with van der Waals surface area (Å²) in [6.45, 7) is 1.17. The van der Waals surface area contributed by atoms with E-state index in [1.165, 1.54) is 31.2 Å². The van der Waals surface area contributed by atoms with E-state index in [9.17, 15) is 54.0 Å². The number of phenolic OH excluding ortho intramolecular Hbond substituents is 2. The molecule has 0 spiro atoms. The van der Waals surface area contributed by atoms with Gasteiger partial charge in [-0.05, 0) is 30.7 Å². The predicted molar refractivity (Wildman–Crippen MR) is 167 cm³/mol. The van der Waals surface area contributed by atoms with Crippen LogP contribution in [0.25, 0.3) is 11.0 Å². The smallest absolute Gasteiger partial charge is 0.546 e. The summed E-state index contributed by atoms with van der Waals surface area (Å²) in [6, 6.07) is 5.30. The maximum Gasteiger partial charge on any atom is 1.00 e. The number of aryl methyl sites for hydroxylation is 1. The zero-order chi connectivity index (χ0) is 37.4. The molecule has 2 aromatic carbocycles. The number of β-lactam (4-membered cyclic amide) rings is 1. The molecule has 3 heterocycles. The molecular weight excluding hydrogens is 744 g/mol. The van der Waals surface area contributed by atoms with Gasteiger partial charge in [-0.1, -0.05) is 12.1 Å². The molecule has 18 nitrogen and oxygen atoms in total. The Bertz CT molecular complexity index is 2090. The second kappa shape index (κ2) is 17.4. The number of aromatic hydroxyl groups is 2. The number of thioether (sulfide) groups is 1. The average Bonchev–Trinajstić information content (AvgIpc) is 3.08. The third kappa shape index (κ3) is 8.52. The number of rotatable bonds is 12. The molecule has 2 aliphatic rings. The van der Waals surface area contributed by atoms with Gasteiger partial charge >= 0.3 is 65.1 Å². The molecule has 268 valence electrons. The number of benzene rings is 2. The van der Waals surface area contributed by atoms with Crippen LogP contribution in [0.3, 0.4) is 0 Å². The number of nitrogens with zero attached hydrogens (tertiary/aromatic N) is 1. The van der Waals surface area contributed by atoms with Gasteiger partial charge in [-0.15, -0.1) is 11.8 Å². The SMILES string of the molecule is CO[C@@]1(NC(=O)C(NC(=O)c2c(C)oc3cc(O)c(O)cc3c2=O)c2ccc(OCC(=O)[O-])cc2)C(=O)N2C(C(=O)[O-])=C(COC(C)=O)CS[C@H]21.[Na+].[Na+]. The number of esters is 1. The van der Waals surface area contributed by atoms with Crippen LogP contribution >= 0.6 is 11.8 Å². The first kappa shape index (κ1) is 43.3. The molecule has 1 unspecified atom stereocenters. The van der Waals surface area contributed by atoms with Gasteiger partial charge < -0.3 is 59.3 Å². The summed E-state index contributed by atoms with van der Waals surface area (Å²) in [7, 11) is 1.08. The van der Waals surface area contributed by atoms with Crippen LogP contribution in [0.2, 0.25) is 0 Å². The fraction of sp³-hybridized carbons (Fsp3) is 0.281. The van der Waals surface area contributed by atoms with Crippen LogP contribution in [0.1, 0.15) is 34.6 Å². The van der Waals surface area contributed by atoms with Gasteiger partial charge in [0.25, 0.3) is 17.5 Å². The molecule has 21 heteroatoms. The van der Waals surface area contributed by atoms with Crippen LogP contribution in [0.4, 0.5) is 0 Å². The van der Waals surface area contributed by atoms with Crippen molar-refractivity contribution in [3.63, 3.8) is 0 Å². The number of methoxy groups -OCH3 is 1. The first-order chi connectivity index (χ1) is 24.1. The van der Waals surface area contributed by atoms with E-state index in [2.05, 4.69) is 10.6 Å². The van der Waals surface area contributed by atoms with Crippen LogP contribution in [0.5, 0.6) is 17.2 Å². The Balaban J connectivity index is 0.00000378. The molecule has 0 radical (unpaired) electrons. The van der Waals surface area contributed by atoms with Crippen molar-refractivity contribution < 1.29 is 127 Å². The fourth-order valence-electron chi connectivity index (χ4n) is 5.48. The minimum absolute atomic E-state index is 0. The fourth-order valence-corrected chi connectivity index (χ4v) is 6.90. The van der Waals surface area contributed by atoms with Crippen molar-refractivity contribution in [2.45, 2.75) is 31.0 Å².